The summed E-state index contributed by atoms with van der Waals surface area (Å²) in [4.78, 5) is 42.6. The smallest absolute Gasteiger partial charge is 0.347 e. The van der Waals surface area contributed by atoms with Gasteiger partial charge in [0.25, 0.3) is 0 Å². The molecule has 0 aliphatic carbocycles. The highest BCUT2D eigenvalue weighted by molar-refractivity contribution is 5.76. The monoisotopic (exact) mass is 347 g/mol. The van der Waals surface area contributed by atoms with Gasteiger partial charge in [-0.2, -0.15) is 5.10 Å². The van der Waals surface area contributed by atoms with E-state index in [4.69, 9.17) is 0 Å². The van der Waals surface area contributed by atoms with Crippen molar-refractivity contribution in [1.29, 1.82) is 0 Å². The summed E-state index contributed by atoms with van der Waals surface area (Å²) < 4.78 is 1.23. The summed E-state index contributed by atoms with van der Waals surface area (Å²) in [5, 5.41) is 12.0. The Labute approximate surface area is 144 Å². The molecule has 2 amide bonds. The average molecular weight is 347 g/mol. The first-order chi connectivity index (χ1) is 12.0. The summed E-state index contributed by atoms with van der Waals surface area (Å²) >= 11 is 0. The number of rotatable bonds is 9. The number of aromatic nitrogens is 5. The Hall–Kier alpha value is -3.04. The average Bonchev–Trinajstić information content (AvgIpc) is 3.12. The highest BCUT2D eigenvalue weighted by atomic mass is 16.2. The lowest BCUT2D eigenvalue weighted by molar-refractivity contribution is -0.121. The summed E-state index contributed by atoms with van der Waals surface area (Å²) in [5.41, 5.74) is -0.468. The number of carbonyl (C=O) groups is 2. The van der Waals surface area contributed by atoms with Crippen molar-refractivity contribution in [2.45, 2.75) is 26.3 Å². The first-order valence-electron chi connectivity index (χ1n) is 7.93. The van der Waals surface area contributed by atoms with E-state index in [-0.39, 0.29) is 24.3 Å². The van der Waals surface area contributed by atoms with Gasteiger partial charge in [-0.15, -0.1) is 0 Å². The number of aryl methyl sites for hydroxylation is 1. The molecule has 2 aromatic rings. The zero-order valence-corrected chi connectivity index (χ0v) is 13.9. The SMILES string of the molecule is CC(CNC(=O)CCc1ncn[nH]1)CNC(=O)Cn1cccnc1=O. The van der Waals surface area contributed by atoms with Crippen LogP contribution in [0.1, 0.15) is 19.2 Å². The Morgan fingerprint density at radius 3 is 2.68 bits per heavy atom. The minimum Gasteiger partial charge on any atom is -0.356 e. The molecule has 0 saturated heterocycles. The molecule has 10 nitrogen and oxygen atoms in total. The number of aromatic amines is 1. The van der Waals surface area contributed by atoms with Crippen LogP contribution in [0, 0.1) is 5.92 Å². The van der Waals surface area contributed by atoms with Crippen LogP contribution in [0.2, 0.25) is 0 Å². The first-order valence-corrected chi connectivity index (χ1v) is 7.93. The van der Waals surface area contributed by atoms with Gasteiger partial charge in [-0.05, 0) is 12.0 Å². The number of hydrogen-bond donors (Lipinski definition) is 3. The molecule has 1 unspecified atom stereocenters. The number of hydrogen-bond acceptors (Lipinski definition) is 6. The van der Waals surface area contributed by atoms with E-state index in [9.17, 15) is 14.4 Å². The fourth-order valence-electron chi connectivity index (χ4n) is 2.04. The highest BCUT2D eigenvalue weighted by Crippen LogP contribution is 1.95. The summed E-state index contributed by atoms with van der Waals surface area (Å²) in [6.07, 6.45) is 5.10. The Bertz CT molecular complexity index is 742. The Balaban J connectivity index is 1.62. The first kappa shape index (κ1) is 18.3. The number of carbonyl (C=O) groups excluding carboxylic acids is 2. The van der Waals surface area contributed by atoms with Crippen molar-refractivity contribution in [2.75, 3.05) is 13.1 Å². The minimum absolute atomic E-state index is 0.0591. The normalized spacial score (nSPS) is 11.7. The summed E-state index contributed by atoms with van der Waals surface area (Å²) in [7, 11) is 0. The Morgan fingerprint density at radius 1 is 1.24 bits per heavy atom. The third-order valence-electron chi connectivity index (χ3n) is 3.45. The van der Waals surface area contributed by atoms with Crippen molar-refractivity contribution in [2.24, 2.45) is 5.92 Å². The molecular weight excluding hydrogens is 326 g/mol. The van der Waals surface area contributed by atoms with Crippen molar-refractivity contribution < 1.29 is 9.59 Å². The van der Waals surface area contributed by atoms with Crippen LogP contribution in [-0.2, 0) is 22.6 Å². The van der Waals surface area contributed by atoms with E-state index in [1.807, 2.05) is 6.92 Å². The number of H-pyrrole nitrogens is 1. The maximum atomic E-state index is 11.8. The molecule has 0 aromatic carbocycles. The van der Waals surface area contributed by atoms with Crippen molar-refractivity contribution in [1.82, 2.24) is 35.4 Å². The molecule has 10 heteroatoms. The summed E-state index contributed by atoms with van der Waals surface area (Å²) in [5.74, 6) is 0.361. The zero-order chi connectivity index (χ0) is 18.1. The van der Waals surface area contributed by atoms with Crippen molar-refractivity contribution in [3.63, 3.8) is 0 Å². The van der Waals surface area contributed by atoms with Gasteiger partial charge in [-0.25, -0.2) is 14.8 Å². The zero-order valence-electron chi connectivity index (χ0n) is 13.9. The van der Waals surface area contributed by atoms with Gasteiger partial charge in [-0.1, -0.05) is 6.92 Å². The van der Waals surface area contributed by atoms with Gasteiger partial charge in [0.05, 0.1) is 0 Å². The molecule has 0 fully saturated rings. The predicted molar refractivity (Wildman–Crippen MR) is 88.4 cm³/mol. The molecule has 0 saturated carbocycles. The molecule has 1 atom stereocenters. The lowest BCUT2D eigenvalue weighted by Gasteiger charge is -2.14. The Morgan fingerprint density at radius 2 is 2.00 bits per heavy atom. The Kier molecular flexibility index (Phi) is 6.81. The molecule has 2 aromatic heterocycles. The van der Waals surface area contributed by atoms with Crippen LogP contribution in [0.4, 0.5) is 0 Å². The van der Waals surface area contributed by atoms with Crippen LogP contribution in [-0.4, -0.2) is 49.6 Å². The largest absolute Gasteiger partial charge is 0.356 e. The minimum atomic E-state index is -0.468. The molecule has 134 valence electrons. The van der Waals surface area contributed by atoms with E-state index < -0.39 is 5.69 Å². The molecular formula is C15H21N7O3. The molecule has 3 N–H and O–H groups in total. The molecule has 0 aliphatic heterocycles. The summed E-state index contributed by atoms with van der Waals surface area (Å²) in [6, 6.07) is 1.59. The molecule has 2 rings (SSSR count). The van der Waals surface area contributed by atoms with Gasteiger partial charge in [0.1, 0.15) is 18.7 Å². The molecule has 25 heavy (non-hydrogen) atoms. The maximum absolute atomic E-state index is 11.8. The van der Waals surface area contributed by atoms with E-state index in [0.29, 0.717) is 31.8 Å². The summed E-state index contributed by atoms with van der Waals surface area (Å²) in [6.45, 7) is 2.68. The highest BCUT2D eigenvalue weighted by Gasteiger charge is 2.09. The molecule has 0 bridgehead atoms. The number of nitrogens with one attached hydrogen (secondary N) is 3. The van der Waals surface area contributed by atoms with Gasteiger partial charge < -0.3 is 10.6 Å². The van der Waals surface area contributed by atoms with Crippen LogP contribution >= 0.6 is 0 Å². The van der Waals surface area contributed by atoms with Crippen LogP contribution in [0.5, 0.6) is 0 Å². The number of amides is 2. The lowest BCUT2D eigenvalue weighted by Crippen LogP contribution is -2.38. The molecule has 0 aliphatic rings. The maximum Gasteiger partial charge on any atom is 0.347 e. The molecule has 2 heterocycles. The van der Waals surface area contributed by atoms with E-state index in [1.54, 1.807) is 6.07 Å². The van der Waals surface area contributed by atoms with Gasteiger partial charge in [-0.3, -0.25) is 19.3 Å². The van der Waals surface area contributed by atoms with E-state index in [0.717, 1.165) is 0 Å². The van der Waals surface area contributed by atoms with Gasteiger partial charge >= 0.3 is 5.69 Å². The quantitative estimate of drug-likeness (QED) is 0.525. The lowest BCUT2D eigenvalue weighted by atomic mass is 10.1. The van der Waals surface area contributed by atoms with Gasteiger partial charge in [0.15, 0.2) is 0 Å². The van der Waals surface area contributed by atoms with Crippen LogP contribution < -0.4 is 16.3 Å². The molecule has 0 radical (unpaired) electrons. The fourth-order valence-corrected chi connectivity index (χ4v) is 2.04. The topological polar surface area (TPSA) is 135 Å². The van der Waals surface area contributed by atoms with Crippen LogP contribution in [0.15, 0.2) is 29.6 Å². The second-order valence-electron chi connectivity index (χ2n) is 5.68. The fraction of sp³-hybridized carbons (Fsp3) is 0.467. The van der Waals surface area contributed by atoms with Gasteiger partial charge in [0.2, 0.25) is 11.8 Å². The second-order valence-corrected chi connectivity index (χ2v) is 5.68. The predicted octanol–water partition coefficient (Wildman–Crippen LogP) is -1.14. The standard InChI is InChI=1S/C15H21N7O3/c1-11(7-17-13(23)4-3-12-19-10-20-21-12)8-18-14(24)9-22-6-2-5-16-15(22)25/h2,5-6,10-11H,3-4,7-9H2,1H3,(H,17,23)(H,18,24)(H,19,20,21). The van der Waals surface area contributed by atoms with Crippen molar-refractivity contribution in [3.8, 4) is 0 Å². The van der Waals surface area contributed by atoms with E-state index in [2.05, 4.69) is 30.8 Å². The third-order valence-corrected chi connectivity index (χ3v) is 3.45. The van der Waals surface area contributed by atoms with Crippen LogP contribution in [0.25, 0.3) is 0 Å². The third kappa shape index (κ3) is 6.53. The molecule has 0 spiro atoms. The van der Waals surface area contributed by atoms with Crippen LogP contribution in [0.3, 0.4) is 0 Å². The van der Waals surface area contributed by atoms with E-state index >= 15 is 0 Å². The number of nitrogens with zero attached hydrogens (tertiary/aromatic N) is 4. The van der Waals surface area contributed by atoms with Crippen molar-refractivity contribution >= 4 is 11.8 Å². The van der Waals surface area contributed by atoms with Crippen molar-refractivity contribution in [3.05, 3.63) is 41.1 Å². The van der Waals surface area contributed by atoms with Gasteiger partial charge in [0, 0.05) is 38.3 Å². The second kappa shape index (κ2) is 9.30. The van der Waals surface area contributed by atoms with E-state index in [1.165, 1.54) is 23.3 Å².